The number of rotatable bonds is 3. The third kappa shape index (κ3) is 3.59. The van der Waals surface area contributed by atoms with E-state index in [2.05, 4.69) is 30.6 Å². The zero-order chi connectivity index (χ0) is 15.6. The minimum absolute atomic E-state index is 0.0336. The fourth-order valence-corrected chi connectivity index (χ4v) is 3.18. The van der Waals surface area contributed by atoms with Crippen molar-refractivity contribution in [2.24, 2.45) is 0 Å². The number of aromatic nitrogens is 2. The van der Waals surface area contributed by atoms with Crippen LogP contribution < -0.4 is 4.90 Å². The Morgan fingerprint density at radius 1 is 1.52 bits per heavy atom. The molecule has 1 unspecified atom stereocenters. The zero-order valence-corrected chi connectivity index (χ0v) is 13.7. The molecule has 9 heteroatoms. The molecule has 1 fully saturated rings. The maximum atomic E-state index is 12.1. The molecule has 1 aliphatic heterocycles. The molecule has 21 heavy (non-hydrogen) atoms. The van der Waals surface area contributed by atoms with E-state index in [9.17, 15) is 14.4 Å². The number of ether oxygens (including phenoxy) is 1. The molecule has 0 radical (unpaired) electrons. The lowest BCUT2D eigenvalue weighted by Gasteiger charge is -2.17. The number of thioether (sulfide) groups is 1. The largest absolute Gasteiger partial charge is 0.464 e. The van der Waals surface area contributed by atoms with Crippen LogP contribution in [-0.4, -0.2) is 45.9 Å². The van der Waals surface area contributed by atoms with Gasteiger partial charge in [0.05, 0.1) is 13.3 Å². The predicted octanol–water partition coefficient (Wildman–Crippen LogP) is 1.41. The van der Waals surface area contributed by atoms with Crippen molar-refractivity contribution in [2.75, 3.05) is 18.6 Å². The van der Waals surface area contributed by atoms with E-state index < -0.39 is 5.97 Å². The van der Waals surface area contributed by atoms with Gasteiger partial charge in [0.2, 0.25) is 5.91 Å². The monoisotopic (exact) mass is 373 g/mol. The van der Waals surface area contributed by atoms with Gasteiger partial charge in [-0.25, -0.2) is 14.8 Å². The van der Waals surface area contributed by atoms with Crippen molar-refractivity contribution in [3.8, 4) is 0 Å². The van der Waals surface area contributed by atoms with Gasteiger partial charge in [-0.3, -0.25) is 14.5 Å². The molecule has 0 aromatic carbocycles. The molecule has 0 aliphatic carbocycles. The van der Waals surface area contributed by atoms with Gasteiger partial charge in [-0.1, -0.05) is 11.8 Å². The molecule has 1 aromatic heterocycles. The van der Waals surface area contributed by atoms with E-state index >= 15 is 0 Å². The molecule has 1 aliphatic rings. The molecule has 1 aromatic rings. The first-order chi connectivity index (χ1) is 9.92. The highest BCUT2D eigenvalue weighted by Gasteiger charge is 2.35. The van der Waals surface area contributed by atoms with Crippen molar-refractivity contribution >= 4 is 50.5 Å². The maximum absolute atomic E-state index is 12.1. The number of carbonyl (C=O) groups is 3. The number of carbonyl (C=O) groups excluding carboxylic acids is 3. The molecular formula is C12H12BrN3O4S. The molecule has 2 heterocycles. The van der Waals surface area contributed by atoms with Crippen LogP contribution in [-0.2, 0) is 14.3 Å². The van der Waals surface area contributed by atoms with Crippen LogP contribution in [0.3, 0.4) is 0 Å². The Morgan fingerprint density at radius 2 is 2.24 bits per heavy atom. The van der Waals surface area contributed by atoms with Crippen LogP contribution in [0.5, 0.6) is 0 Å². The summed E-state index contributed by atoms with van der Waals surface area (Å²) in [5.74, 6) is -0.716. The van der Waals surface area contributed by atoms with Gasteiger partial charge in [-0.15, -0.1) is 0 Å². The number of amides is 1. The summed E-state index contributed by atoms with van der Waals surface area (Å²) in [5, 5.41) is -0.198. The Hall–Kier alpha value is -1.48. The van der Waals surface area contributed by atoms with Gasteiger partial charge in [0.25, 0.3) is 0 Å². The quantitative estimate of drug-likeness (QED) is 0.739. The van der Waals surface area contributed by atoms with E-state index in [0.717, 1.165) is 11.8 Å². The van der Waals surface area contributed by atoms with E-state index in [4.69, 9.17) is 0 Å². The smallest absolute Gasteiger partial charge is 0.360 e. The van der Waals surface area contributed by atoms with Gasteiger partial charge in [0, 0.05) is 25.1 Å². The third-order valence-corrected chi connectivity index (χ3v) is 4.14. The zero-order valence-electron chi connectivity index (χ0n) is 11.3. The van der Waals surface area contributed by atoms with E-state index in [1.807, 2.05) is 0 Å². The predicted molar refractivity (Wildman–Crippen MR) is 80.1 cm³/mol. The van der Waals surface area contributed by atoms with Crippen molar-refractivity contribution in [2.45, 2.75) is 18.6 Å². The van der Waals surface area contributed by atoms with Crippen molar-refractivity contribution in [1.29, 1.82) is 0 Å². The molecule has 0 saturated carbocycles. The summed E-state index contributed by atoms with van der Waals surface area (Å²) in [4.78, 5) is 44.5. The topological polar surface area (TPSA) is 89.5 Å². The summed E-state index contributed by atoms with van der Waals surface area (Å²) in [5.41, 5.74) is -0.0336. The number of halogens is 1. The summed E-state index contributed by atoms with van der Waals surface area (Å²) in [7, 11) is 1.23. The second-order valence-electron chi connectivity index (χ2n) is 4.30. The van der Waals surface area contributed by atoms with Gasteiger partial charge in [-0.2, -0.15) is 0 Å². The van der Waals surface area contributed by atoms with Gasteiger partial charge in [0.1, 0.15) is 4.60 Å². The number of hydrogen-bond acceptors (Lipinski definition) is 7. The molecule has 1 amide bonds. The van der Waals surface area contributed by atoms with Crippen LogP contribution in [0.15, 0.2) is 10.8 Å². The first-order valence-corrected chi connectivity index (χ1v) is 7.68. The highest BCUT2D eigenvalue weighted by molar-refractivity contribution is 9.10. The van der Waals surface area contributed by atoms with E-state index in [1.165, 1.54) is 25.1 Å². The Labute approximate surface area is 133 Å². The van der Waals surface area contributed by atoms with E-state index in [-0.39, 0.29) is 34.2 Å². The summed E-state index contributed by atoms with van der Waals surface area (Å²) in [6.07, 6.45) is 1.63. The van der Waals surface area contributed by atoms with Crippen molar-refractivity contribution in [3.63, 3.8) is 0 Å². The SMILES string of the molecule is COC(=O)c1nc(Br)cnc1N1CC(SC(C)=O)CC1=O. The Bertz CT molecular complexity index is 610. The number of nitrogens with zero attached hydrogens (tertiary/aromatic N) is 3. The van der Waals surface area contributed by atoms with E-state index in [1.54, 1.807) is 0 Å². The van der Waals surface area contributed by atoms with Gasteiger partial charge < -0.3 is 4.74 Å². The molecule has 1 saturated heterocycles. The molecule has 112 valence electrons. The summed E-state index contributed by atoms with van der Waals surface area (Å²) in [6, 6.07) is 0. The first kappa shape index (κ1) is 15.9. The van der Waals surface area contributed by atoms with Crippen LogP contribution in [0.25, 0.3) is 0 Å². The van der Waals surface area contributed by atoms with Crippen molar-refractivity contribution in [3.05, 3.63) is 16.5 Å². The van der Waals surface area contributed by atoms with Crippen LogP contribution in [0.1, 0.15) is 23.8 Å². The van der Waals surface area contributed by atoms with Crippen molar-refractivity contribution in [1.82, 2.24) is 9.97 Å². The second kappa shape index (κ2) is 6.52. The Balaban J connectivity index is 2.31. The number of esters is 1. The number of hydrogen-bond donors (Lipinski definition) is 0. The average Bonchev–Trinajstić information content (AvgIpc) is 2.77. The van der Waals surface area contributed by atoms with Crippen LogP contribution in [0, 0.1) is 0 Å². The van der Waals surface area contributed by atoms with Gasteiger partial charge in [0.15, 0.2) is 16.6 Å². The molecule has 0 spiro atoms. The van der Waals surface area contributed by atoms with Crippen LogP contribution in [0.4, 0.5) is 5.82 Å². The lowest BCUT2D eigenvalue weighted by atomic mass is 10.3. The lowest BCUT2D eigenvalue weighted by Crippen LogP contribution is -2.29. The minimum atomic E-state index is -0.672. The first-order valence-electron chi connectivity index (χ1n) is 6.00. The summed E-state index contributed by atoms with van der Waals surface area (Å²) >= 11 is 4.24. The molecule has 0 N–H and O–H groups in total. The standard InChI is InChI=1S/C12H12BrN3O4S/c1-6(17)21-7-3-9(18)16(5-7)11-10(12(19)20-2)15-8(13)4-14-11/h4,7H,3,5H2,1-2H3. The maximum Gasteiger partial charge on any atom is 0.360 e. The fraction of sp³-hybridized carbons (Fsp3) is 0.417. The summed E-state index contributed by atoms with van der Waals surface area (Å²) < 4.78 is 5.03. The van der Waals surface area contributed by atoms with Gasteiger partial charge >= 0.3 is 5.97 Å². The molecule has 1 atom stereocenters. The minimum Gasteiger partial charge on any atom is -0.464 e. The molecule has 2 rings (SSSR count). The van der Waals surface area contributed by atoms with Gasteiger partial charge in [-0.05, 0) is 15.9 Å². The normalized spacial score (nSPS) is 18.0. The van der Waals surface area contributed by atoms with Crippen LogP contribution >= 0.6 is 27.7 Å². The molecule has 0 bridgehead atoms. The highest BCUT2D eigenvalue weighted by atomic mass is 79.9. The second-order valence-corrected chi connectivity index (χ2v) is 6.59. The average molecular weight is 374 g/mol. The lowest BCUT2D eigenvalue weighted by molar-refractivity contribution is -0.117. The van der Waals surface area contributed by atoms with Crippen molar-refractivity contribution < 1.29 is 19.1 Å². The highest BCUT2D eigenvalue weighted by Crippen LogP contribution is 2.29. The third-order valence-electron chi connectivity index (χ3n) is 2.78. The number of methoxy groups -OCH3 is 1. The Morgan fingerprint density at radius 3 is 2.86 bits per heavy atom. The Kier molecular flexibility index (Phi) is 4.94. The fourth-order valence-electron chi connectivity index (χ4n) is 1.99. The number of anilines is 1. The van der Waals surface area contributed by atoms with Crippen LogP contribution in [0.2, 0.25) is 0 Å². The molecule has 7 nitrogen and oxygen atoms in total. The molecular weight excluding hydrogens is 362 g/mol. The van der Waals surface area contributed by atoms with E-state index in [0.29, 0.717) is 11.1 Å². The summed E-state index contributed by atoms with van der Waals surface area (Å²) in [6.45, 7) is 1.76.